The van der Waals surface area contributed by atoms with Gasteiger partial charge in [0, 0.05) is 18.3 Å². The van der Waals surface area contributed by atoms with Crippen LogP contribution < -0.4 is 4.74 Å². The average Bonchev–Trinajstić information content (AvgIpc) is 3.24. The van der Waals surface area contributed by atoms with Gasteiger partial charge in [-0.05, 0) is 105 Å². The summed E-state index contributed by atoms with van der Waals surface area (Å²) in [6.45, 7) is 4.48. The molecule has 4 atom stereocenters. The van der Waals surface area contributed by atoms with E-state index in [1.54, 1.807) is 0 Å². The SMILES string of the molecule is CCCCC/C=C\C=C/CCCCCCCCC(=O)Oc1ccc2c(c1)CC[C@@H]1[C@@H]2CC[C@]2(C)C(=O)CC[C@@H]12. The molecule has 3 aliphatic carbocycles. The van der Waals surface area contributed by atoms with E-state index in [-0.39, 0.29) is 11.4 Å². The monoisotopic (exact) mass is 532 g/mol. The van der Waals surface area contributed by atoms with Crippen LogP contribution in [-0.2, 0) is 16.0 Å². The summed E-state index contributed by atoms with van der Waals surface area (Å²) in [5.41, 5.74) is 2.73. The zero-order valence-corrected chi connectivity index (χ0v) is 24.7. The lowest BCUT2D eigenvalue weighted by molar-refractivity contribution is -0.134. The van der Waals surface area contributed by atoms with Gasteiger partial charge in [0.15, 0.2) is 0 Å². The van der Waals surface area contributed by atoms with Gasteiger partial charge >= 0.3 is 5.97 Å². The number of allylic oxidation sites excluding steroid dienone is 4. The number of Topliss-reactive ketones (excluding diaryl/α,β-unsaturated/α-hetero) is 1. The minimum Gasteiger partial charge on any atom is -0.427 e. The molecule has 1 aromatic carbocycles. The summed E-state index contributed by atoms with van der Waals surface area (Å²) in [5.74, 6) is 2.86. The Bertz CT molecular complexity index is 1000. The van der Waals surface area contributed by atoms with Crippen LogP contribution in [0.4, 0.5) is 0 Å². The van der Waals surface area contributed by atoms with Crippen LogP contribution in [0, 0.1) is 17.3 Å². The van der Waals surface area contributed by atoms with E-state index < -0.39 is 0 Å². The van der Waals surface area contributed by atoms with Crippen LogP contribution in [0.3, 0.4) is 0 Å². The van der Waals surface area contributed by atoms with Crippen LogP contribution in [0.15, 0.2) is 42.5 Å². The number of hydrogen-bond acceptors (Lipinski definition) is 3. The van der Waals surface area contributed by atoms with Gasteiger partial charge in [-0.25, -0.2) is 0 Å². The minimum atomic E-state index is -0.102. The van der Waals surface area contributed by atoms with Crippen molar-refractivity contribution in [3.63, 3.8) is 0 Å². The van der Waals surface area contributed by atoms with Crippen molar-refractivity contribution in [1.82, 2.24) is 0 Å². The fourth-order valence-corrected chi connectivity index (χ4v) is 7.68. The zero-order valence-electron chi connectivity index (χ0n) is 24.7. The molecule has 2 saturated carbocycles. The predicted octanol–water partition coefficient (Wildman–Crippen LogP) is 9.83. The Morgan fingerprint density at radius 2 is 1.64 bits per heavy atom. The highest BCUT2D eigenvalue weighted by Gasteiger charge is 2.54. The molecule has 2 fully saturated rings. The highest BCUT2D eigenvalue weighted by Crippen LogP contribution is 2.59. The first-order valence-corrected chi connectivity index (χ1v) is 16.2. The van der Waals surface area contributed by atoms with Gasteiger partial charge in [-0.2, -0.15) is 0 Å². The van der Waals surface area contributed by atoms with Gasteiger partial charge in [-0.3, -0.25) is 9.59 Å². The van der Waals surface area contributed by atoms with Crippen LogP contribution in [0.2, 0.25) is 0 Å². The molecule has 0 amide bonds. The normalized spacial score (nSPS) is 26.1. The first kappa shape index (κ1) is 29.8. The third kappa shape index (κ3) is 7.95. The summed E-state index contributed by atoms with van der Waals surface area (Å²) < 4.78 is 5.74. The maximum Gasteiger partial charge on any atom is 0.311 e. The zero-order chi connectivity index (χ0) is 27.5. The molecular formula is C36H52O3. The molecule has 0 unspecified atom stereocenters. The summed E-state index contributed by atoms with van der Waals surface area (Å²) in [6.07, 6.45) is 28.9. The van der Waals surface area contributed by atoms with Gasteiger partial charge in [-0.15, -0.1) is 0 Å². The van der Waals surface area contributed by atoms with E-state index in [2.05, 4.69) is 50.3 Å². The number of carbonyl (C=O) groups is 2. The van der Waals surface area contributed by atoms with Crippen molar-refractivity contribution in [2.24, 2.45) is 17.3 Å². The number of aryl methyl sites for hydroxylation is 1. The van der Waals surface area contributed by atoms with Gasteiger partial charge < -0.3 is 4.74 Å². The Morgan fingerprint density at radius 1 is 0.923 bits per heavy atom. The number of rotatable bonds is 15. The van der Waals surface area contributed by atoms with Crippen molar-refractivity contribution in [3.8, 4) is 5.75 Å². The number of ether oxygens (including phenoxy) is 1. The van der Waals surface area contributed by atoms with E-state index in [1.807, 2.05) is 6.07 Å². The third-order valence-corrected chi connectivity index (χ3v) is 10.00. The van der Waals surface area contributed by atoms with Crippen LogP contribution in [0.1, 0.15) is 140 Å². The van der Waals surface area contributed by atoms with Gasteiger partial charge in [-0.1, -0.05) is 82.7 Å². The molecule has 3 heteroatoms. The van der Waals surface area contributed by atoms with E-state index in [0.717, 1.165) is 57.8 Å². The lowest BCUT2D eigenvalue weighted by Crippen LogP contribution is -2.42. The molecule has 0 aliphatic heterocycles. The van der Waals surface area contributed by atoms with E-state index in [9.17, 15) is 9.59 Å². The second-order valence-corrected chi connectivity index (χ2v) is 12.7. The fraction of sp³-hybridized carbons (Fsp3) is 0.667. The molecule has 0 spiro atoms. The summed E-state index contributed by atoms with van der Waals surface area (Å²) in [4.78, 5) is 25.0. The number of benzene rings is 1. The maximum atomic E-state index is 12.6. The predicted molar refractivity (Wildman–Crippen MR) is 161 cm³/mol. The minimum absolute atomic E-state index is 0.0732. The first-order valence-electron chi connectivity index (χ1n) is 16.2. The van der Waals surface area contributed by atoms with Crippen molar-refractivity contribution < 1.29 is 14.3 Å². The highest BCUT2D eigenvalue weighted by atomic mass is 16.5. The topological polar surface area (TPSA) is 43.4 Å². The Labute approximate surface area is 237 Å². The van der Waals surface area contributed by atoms with Crippen LogP contribution >= 0.6 is 0 Å². The van der Waals surface area contributed by atoms with Crippen molar-refractivity contribution in [2.45, 2.75) is 135 Å². The third-order valence-electron chi connectivity index (χ3n) is 10.00. The second kappa shape index (κ2) is 15.0. The molecule has 1 aromatic rings. The van der Waals surface area contributed by atoms with Crippen LogP contribution in [0.25, 0.3) is 0 Å². The number of ketones is 1. The number of carbonyl (C=O) groups excluding carboxylic acids is 2. The van der Waals surface area contributed by atoms with Crippen molar-refractivity contribution in [3.05, 3.63) is 53.6 Å². The van der Waals surface area contributed by atoms with E-state index in [4.69, 9.17) is 4.74 Å². The van der Waals surface area contributed by atoms with E-state index in [1.165, 1.54) is 62.5 Å². The summed E-state index contributed by atoms with van der Waals surface area (Å²) in [7, 11) is 0. The van der Waals surface area contributed by atoms with Gasteiger partial charge in [0.2, 0.25) is 0 Å². The Hall–Kier alpha value is -2.16. The molecule has 0 aromatic heterocycles. The molecule has 0 saturated heterocycles. The molecule has 39 heavy (non-hydrogen) atoms. The quantitative estimate of drug-likeness (QED) is 0.0977. The van der Waals surface area contributed by atoms with E-state index in [0.29, 0.717) is 35.7 Å². The summed E-state index contributed by atoms with van der Waals surface area (Å²) >= 11 is 0. The molecule has 0 heterocycles. The molecule has 0 bridgehead atoms. The summed E-state index contributed by atoms with van der Waals surface area (Å²) in [6, 6.07) is 6.34. The van der Waals surface area contributed by atoms with Gasteiger partial charge in [0.05, 0.1) is 0 Å². The standard InChI is InChI=1S/C36H52O3/c1-3-4-5-6-7-8-9-10-11-12-13-14-15-16-17-18-35(38)39-29-20-22-30-28(27-29)19-21-32-31(30)25-26-36(2)33(32)23-24-34(36)37/h7-10,20,22,27,31-33H,3-6,11-19,21,23-26H2,1-2H3/b8-7-,10-9-/t31-,32-,33+,36+/m1/s1. The number of unbranched alkanes of at least 4 members (excludes halogenated alkanes) is 9. The molecule has 214 valence electrons. The van der Waals surface area contributed by atoms with Crippen molar-refractivity contribution >= 4 is 11.8 Å². The molecule has 3 nitrogen and oxygen atoms in total. The van der Waals surface area contributed by atoms with Gasteiger partial charge in [0.25, 0.3) is 0 Å². The van der Waals surface area contributed by atoms with Gasteiger partial charge in [0.1, 0.15) is 11.5 Å². The smallest absolute Gasteiger partial charge is 0.311 e. The Balaban J connectivity index is 1.09. The molecule has 3 aliphatic rings. The fourth-order valence-electron chi connectivity index (χ4n) is 7.68. The number of fused-ring (bicyclic) bond motifs is 5. The number of hydrogen-bond donors (Lipinski definition) is 0. The largest absolute Gasteiger partial charge is 0.427 e. The molecule has 0 radical (unpaired) electrons. The average molecular weight is 533 g/mol. The van der Waals surface area contributed by atoms with Crippen molar-refractivity contribution in [1.29, 1.82) is 0 Å². The first-order chi connectivity index (χ1) is 19.0. The molecule has 4 rings (SSSR count). The molecular weight excluding hydrogens is 480 g/mol. The van der Waals surface area contributed by atoms with Crippen LogP contribution in [-0.4, -0.2) is 11.8 Å². The number of esters is 1. The lowest BCUT2D eigenvalue weighted by Gasteiger charge is -2.48. The highest BCUT2D eigenvalue weighted by molar-refractivity contribution is 5.87. The maximum absolute atomic E-state index is 12.6. The summed E-state index contributed by atoms with van der Waals surface area (Å²) in [5, 5.41) is 0. The van der Waals surface area contributed by atoms with Crippen molar-refractivity contribution in [2.75, 3.05) is 0 Å². The second-order valence-electron chi connectivity index (χ2n) is 12.7. The lowest BCUT2D eigenvalue weighted by atomic mass is 9.55. The van der Waals surface area contributed by atoms with Crippen LogP contribution in [0.5, 0.6) is 5.75 Å². The Kier molecular flexibility index (Phi) is 11.5. The Morgan fingerprint density at radius 3 is 2.41 bits per heavy atom. The molecule has 0 N–H and O–H groups in total. The van der Waals surface area contributed by atoms with E-state index >= 15 is 0 Å².